The van der Waals surface area contributed by atoms with Crippen molar-refractivity contribution in [2.24, 2.45) is 0 Å². The van der Waals surface area contributed by atoms with Crippen molar-refractivity contribution in [2.45, 2.75) is 26.8 Å². The molecule has 1 rings (SSSR count). The van der Waals surface area contributed by atoms with Crippen molar-refractivity contribution in [1.82, 2.24) is 14.8 Å². The lowest BCUT2D eigenvalue weighted by Gasteiger charge is -2.21. The second-order valence-corrected chi connectivity index (χ2v) is 5.07. The molecular weight excluding hydrogens is 252 g/mol. The van der Waals surface area contributed by atoms with E-state index in [1.165, 1.54) is 0 Å². The quantitative estimate of drug-likeness (QED) is 0.788. The van der Waals surface area contributed by atoms with Crippen molar-refractivity contribution in [3.05, 3.63) is 23.9 Å². The number of anilines is 1. The molecule has 1 aromatic heterocycles. The van der Waals surface area contributed by atoms with Gasteiger partial charge < -0.3 is 10.2 Å². The number of nitrogens with one attached hydrogen (secondary N) is 1. The maximum atomic E-state index is 11.7. The lowest BCUT2D eigenvalue weighted by atomic mass is 10.2. The van der Waals surface area contributed by atoms with Crippen molar-refractivity contribution < 1.29 is 4.79 Å². The molecule has 0 aliphatic rings. The third kappa shape index (κ3) is 5.57. The second-order valence-electron chi connectivity index (χ2n) is 5.07. The summed E-state index contributed by atoms with van der Waals surface area (Å²) in [5.74, 6) is 1.03. The zero-order chi connectivity index (χ0) is 15.0. The minimum atomic E-state index is 0.126. The molecule has 20 heavy (non-hydrogen) atoms. The fourth-order valence-corrected chi connectivity index (χ4v) is 1.75. The highest BCUT2D eigenvalue weighted by molar-refractivity contribution is 5.77. The number of carbonyl (C=O) groups is 1. The maximum Gasteiger partial charge on any atom is 0.236 e. The van der Waals surface area contributed by atoms with Gasteiger partial charge in [0.15, 0.2) is 0 Å². The first-order chi connectivity index (χ1) is 9.56. The van der Waals surface area contributed by atoms with Crippen molar-refractivity contribution >= 4 is 11.7 Å². The molecule has 0 bridgehead atoms. The maximum absolute atomic E-state index is 11.7. The molecule has 1 amide bonds. The van der Waals surface area contributed by atoms with Crippen LogP contribution in [0.25, 0.3) is 0 Å². The van der Waals surface area contributed by atoms with Crippen LogP contribution in [0.3, 0.4) is 0 Å². The monoisotopic (exact) mass is 278 g/mol. The lowest BCUT2D eigenvalue weighted by Crippen LogP contribution is -2.36. The van der Waals surface area contributed by atoms with Gasteiger partial charge in [-0.1, -0.05) is 19.9 Å². The van der Waals surface area contributed by atoms with Crippen LogP contribution < -0.4 is 5.32 Å². The standard InChI is InChI=1S/C15H26N4O/c1-5-9-16-14-8-7-13(10-17-14)11-19(6-2)12-15(20)18(3)4/h7-8,10H,5-6,9,11-12H2,1-4H3,(H,16,17). The molecule has 0 spiro atoms. The van der Waals surface area contributed by atoms with Crippen LogP contribution >= 0.6 is 0 Å². The van der Waals surface area contributed by atoms with Crippen molar-refractivity contribution in [2.75, 3.05) is 39.0 Å². The van der Waals surface area contributed by atoms with E-state index in [9.17, 15) is 4.79 Å². The Labute approximate surface area is 122 Å². The van der Waals surface area contributed by atoms with Crippen LogP contribution in [0.4, 0.5) is 5.82 Å². The van der Waals surface area contributed by atoms with Crippen molar-refractivity contribution in [1.29, 1.82) is 0 Å². The summed E-state index contributed by atoms with van der Waals surface area (Å²) in [7, 11) is 3.57. The molecule has 0 fully saturated rings. The Kier molecular flexibility index (Phi) is 7.01. The fraction of sp³-hybridized carbons (Fsp3) is 0.600. The van der Waals surface area contributed by atoms with Gasteiger partial charge in [0.25, 0.3) is 0 Å². The van der Waals surface area contributed by atoms with Crippen molar-refractivity contribution in [3.63, 3.8) is 0 Å². The first-order valence-corrected chi connectivity index (χ1v) is 7.18. The van der Waals surface area contributed by atoms with Gasteiger partial charge in [0.05, 0.1) is 6.54 Å². The molecule has 0 aromatic carbocycles. The van der Waals surface area contributed by atoms with Crippen LogP contribution in [0, 0.1) is 0 Å². The van der Waals surface area contributed by atoms with E-state index >= 15 is 0 Å². The topological polar surface area (TPSA) is 48.5 Å². The number of rotatable bonds is 8. The molecule has 0 aliphatic carbocycles. The van der Waals surface area contributed by atoms with E-state index in [0.717, 1.165) is 37.4 Å². The second kappa shape index (κ2) is 8.53. The molecule has 1 N–H and O–H groups in total. The summed E-state index contributed by atoms with van der Waals surface area (Å²) in [4.78, 5) is 19.9. The smallest absolute Gasteiger partial charge is 0.236 e. The Morgan fingerprint density at radius 1 is 1.30 bits per heavy atom. The molecular formula is C15H26N4O. The van der Waals surface area contributed by atoms with Crippen LogP contribution in [0.2, 0.25) is 0 Å². The van der Waals surface area contributed by atoms with Gasteiger partial charge in [-0.25, -0.2) is 4.98 Å². The molecule has 1 heterocycles. The number of hydrogen-bond donors (Lipinski definition) is 1. The van der Waals surface area contributed by atoms with Crippen LogP contribution in [0.5, 0.6) is 0 Å². The summed E-state index contributed by atoms with van der Waals surface area (Å²) in [6, 6.07) is 4.06. The molecule has 1 aromatic rings. The number of amides is 1. The third-order valence-electron chi connectivity index (χ3n) is 3.09. The number of carbonyl (C=O) groups excluding carboxylic acids is 1. The Hall–Kier alpha value is -1.62. The summed E-state index contributed by atoms with van der Waals surface area (Å²) >= 11 is 0. The van der Waals surface area contributed by atoms with E-state index in [4.69, 9.17) is 0 Å². The van der Waals surface area contributed by atoms with Crippen LogP contribution in [0.15, 0.2) is 18.3 Å². The average molecular weight is 278 g/mol. The van der Waals surface area contributed by atoms with Gasteiger partial charge in [0.2, 0.25) is 5.91 Å². The SMILES string of the molecule is CCCNc1ccc(CN(CC)CC(=O)N(C)C)cn1. The Bertz CT molecular complexity index is 403. The van der Waals surface area contributed by atoms with Crippen molar-refractivity contribution in [3.8, 4) is 0 Å². The summed E-state index contributed by atoms with van der Waals surface area (Å²) in [6.45, 7) is 7.16. The minimum Gasteiger partial charge on any atom is -0.370 e. The first-order valence-electron chi connectivity index (χ1n) is 7.18. The molecule has 0 saturated carbocycles. The molecule has 112 valence electrons. The number of pyridine rings is 1. The predicted octanol–water partition coefficient (Wildman–Crippen LogP) is 1.81. The minimum absolute atomic E-state index is 0.126. The van der Waals surface area contributed by atoms with Gasteiger partial charge in [-0.2, -0.15) is 0 Å². The van der Waals surface area contributed by atoms with Gasteiger partial charge in [0.1, 0.15) is 5.82 Å². The number of hydrogen-bond acceptors (Lipinski definition) is 4. The van der Waals surface area contributed by atoms with Gasteiger partial charge in [-0.15, -0.1) is 0 Å². The lowest BCUT2D eigenvalue weighted by molar-refractivity contribution is -0.130. The molecule has 0 atom stereocenters. The number of likely N-dealkylation sites (N-methyl/N-ethyl adjacent to an activating group) is 2. The summed E-state index contributed by atoms with van der Waals surface area (Å²) in [5.41, 5.74) is 1.13. The van der Waals surface area contributed by atoms with Crippen LogP contribution in [-0.4, -0.2) is 54.4 Å². The average Bonchev–Trinajstić information content (AvgIpc) is 2.45. The summed E-state index contributed by atoms with van der Waals surface area (Å²) in [6.07, 6.45) is 2.96. The first kappa shape index (κ1) is 16.4. The Morgan fingerprint density at radius 2 is 2.05 bits per heavy atom. The number of aromatic nitrogens is 1. The highest BCUT2D eigenvalue weighted by Crippen LogP contribution is 2.08. The molecule has 0 radical (unpaired) electrons. The van der Waals surface area contributed by atoms with E-state index in [1.807, 2.05) is 12.3 Å². The summed E-state index contributed by atoms with van der Waals surface area (Å²) in [5, 5.41) is 3.25. The predicted molar refractivity (Wildman–Crippen MR) is 82.7 cm³/mol. The van der Waals surface area contributed by atoms with E-state index < -0.39 is 0 Å². The Morgan fingerprint density at radius 3 is 2.55 bits per heavy atom. The van der Waals surface area contributed by atoms with Crippen LogP contribution in [0.1, 0.15) is 25.8 Å². The highest BCUT2D eigenvalue weighted by atomic mass is 16.2. The molecule has 0 aliphatic heterocycles. The van der Waals surface area contributed by atoms with Gasteiger partial charge in [-0.05, 0) is 24.6 Å². The third-order valence-corrected chi connectivity index (χ3v) is 3.09. The molecule has 5 heteroatoms. The Balaban J connectivity index is 2.54. The van der Waals surface area contributed by atoms with E-state index in [0.29, 0.717) is 6.54 Å². The van der Waals surface area contributed by atoms with E-state index in [2.05, 4.69) is 35.1 Å². The van der Waals surface area contributed by atoms with E-state index in [1.54, 1.807) is 19.0 Å². The fourth-order valence-electron chi connectivity index (χ4n) is 1.75. The molecule has 5 nitrogen and oxygen atoms in total. The van der Waals surface area contributed by atoms with Crippen LogP contribution in [-0.2, 0) is 11.3 Å². The molecule has 0 saturated heterocycles. The largest absolute Gasteiger partial charge is 0.370 e. The van der Waals surface area contributed by atoms with Gasteiger partial charge in [-0.3, -0.25) is 9.69 Å². The normalized spacial score (nSPS) is 10.7. The number of nitrogens with zero attached hydrogens (tertiary/aromatic N) is 3. The summed E-state index contributed by atoms with van der Waals surface area (Å²) < 4.78 is 0. The van der Waals surface area contributed by atoms with Gasteiger partial charge in [0, 0.05) is 33.4 Å². The van der Waals surface area contributed by atoms with E-state index in [-0.39, 0.29) is 5.91 Å². The molecule has 0 unspecified atom stereocenters. The van der Waals surface area contributed by atoms with Gasteiger partial charge >= 0.3 is 0 Å². The highest BCUT2D eigenvalue weighted by Gasteiger charge is 2.11. The zero-order valence-electron chi connectivity index (χ0n) is 13.0. The zero-order valence-corrected chi connectivity index (χ0v) is 13.0.